The summed E-state index contributed by atoms with van der Waals surface area (Å²) in [6, 6.07) is 11.4. The SMILES string of the molecule is CC(COCc1ccccc1)NC1CNC1. The van der Waals surface area contributed by atoms with E-state index in [1.165, 1.54) is 5.56 Å². The van der Waals surface area contributed by atoms with Gasteiger partial charge in [0, 0.05) is 25.2 Å². The first kappa shape index (κ1) is 11.6. The summed E-state index contributed by atoms with van der Waals surface area (Å²) in [5, 5.41) is 6.76. The van der Waals surface area contributed by atoms with E-state index in [0.717, 1.165) is 19.7 Å². The van der Waals surface area contributed by atoms with Crippen molar-refractivity contribution in [3.05, 3.63) is 35.9 Å². The van der Waals surface area contributed by atoms with Crippen molar-refractivity contribution < 1.29 is 4.74 Å². The smallest absolute Gasteiger partial charge is 0.0717 e. The maximum atomic E-state index is 5.67. The summed E-state index contributed by atoms with van der Waals surface area (Å²) in [7, 11) is 0. The maximum absolute atomic E-state index is 5.67. The minimum atomic E-state index is 0.427. The maximum Gasteiger partial charge on any atom is 0.0717 e. The molecule has 0 radical (unpaired) electrons. The van der Waals surface area contributed by atoms with Crippen LogP contribution in [-0.2, 0) is 11.3 Å². The molecule has 0 aromatic heterocycles. The number of hydrogen-bond donors (Lipinski definition) is 2. The zero-order valence-corrected chi connectivity index (χ0v) is 9.78. The highest BCUT2D eigenvalue weighted by molar-refractivity contribution is 5.13. The Morgan fingerprint density at radius 1 is 1.38 bits per heavy atom. The highest BCUT2D eigenvalue weighted by Crippen LogP contribution is 2.01. The van der Waals surface area contributed by atoms with Crippen LogP contribution in [0.5, 0.6) is 0 Å². The van der Waals surface area contributed by atoms with E-state index in [9.17, 15) is 0 Å². The van der Waals surface area contributed by atoms with Crippen LogP contribution in [0.3, 0.4) is 0 Å². The third-order valence-electron chi connectivity index (χ3n) is 2.78. The van der Waals surface area contributed by atoms with E-state index in [1.54, 1.807) is 0 Å². The predicted octanol–water partition coefficient (Wildman–Crippen LogP) is 1.15. The van der Waals surface area contributed by atoms with Gasteiger partial charge in [-0.1, -0.05) is 30.3 Å². The van der Waals surface area contributed by atoms with E-state index in [0.29, 0.717) is 18.7 Å². The Morgan fingerprint density at radius 2 is 2.12 bits per heavy atom. The lowest BCUT2D eigenvalue weighted by Gasteiger charge is -2.31. The van der Waals surface area contributed by atoms with Crippen LogP contribution in [0.2, 0.25) is 0 Å². The van der Waals surface area contributed by atoms with Gasteiger partial charge in [0.05, 0.1) is 13.2 Å². The average molecular weight is 220 g/mol. The minimum Gasteiger partial charge on any atom is -0.375 e. The van der Waals surface area contributed by atoms with Gasteiger partial charge in [0.2, 0.25) is 0 Å². The second kappa shape index (κ2) is 5.99. The van der Waals surface area contributed by atoms with Crippen LogP contribution in [0.25, 0.3) is 0 Å². The summed E-state index contributed by atoms with van der Waals surface area (Å²) in [5.74, 6) is 0. The lowest BCUT2D eigenvalue weighted by molar-refractivity contribution is 0.0967. The van der Waals surface area contributed by atoms with E-state index in [-0.39, 0.29) is 0 Å². The van der Waals surface area contributed by atoms with Gasteiger partial charge in [-0.2, -0.15) is 0 Å². The van der Waals surface area contributed by atoms with Gasteiger partial charge in [-0.05, 0) is 12.5 Å². The summed E-state index contributed by atoms with van der Waals surface area (Å²) < 4.78 is 5.67. The van der Waals surface area contributed by atoms with Crippen molar-refractivity contribution in [3.8, 4) is 0 Å². The Balaban J connectivity index is 1.60. The molecular formula is C13H20N2O. The molecule has 1 aromatic rings. The first-order valence-corrected chi connectivity index (χ1v) is 5.93. The molecule has 0 spiro atoms. The predicted molar refractivity (Wildman–Crippen MR) is 65.4 cm³/mol. The molecule has 88 valence electrons. The second-order valence-corrected chi connectivity index (χ2v) is 4.42. The first-order chi connectivity index (χ1) is 7.84. The van der Waals surface area contributed by atoms with Crippen LogP contribution in [0.1, 0.15) is 12.5 Å². The lowest BCUT2D eigenvalue weighted by Crippen LogP contribution is -2.58. The van der Waals surface area contributed by atoms with E-state index in [1.807, 2.05) is 18.2 Å². The Hall–Kier alpha value is -0.900. The Kier molecular flexibility index (Phi) is 4.34. The molecule has 3 nitrogen and oxygen atoms in total. The molecular weight excluding hydrogens is 200 g/mol. The van der Waals surface area contributed by atoms with Gasteiger partial charge in [-0.25, -0.2) is 0 Å². The van der Waals surface area contributed by atoms with E-state index in [2.05, 4.69) is 29.7 Å². The molecule has 0 bridgehead atoms. The summed E-state index contributed by atoms with van der Waals surface area (Å²) >= 11 is 0. The molecule has 0 amide bonds. The number of rotatable bonds is 6. The van der Waals surface area contributed by atoms with Crippen molar-refractivity contribution in [3.63, 3.8) is 0 Å². The standard InChI is InChI=1S/C13H20N2O/c1-11(15-13-7-14-8-13)9-16-10-12-5-3-2-4-6-12/h2-6,11,13-15H,7-10H2,1H3. The molecule has 16 heavy (non-hydrogen) atoms. The molecule has 0 aliphatic carbocycles. The summed E-state index contributed by atoms with van der Waals surface area (Å²) in [6.07, 6.45) is 0. The van der Waals surface area contributed by atoms with Gasteiger partial charge in [-0.3, -0.25) is 0 Å². The molecule has 1 aromatic carbocycles. The van der Waals surface area contributed by atoms with Gasteiger partial charge < -0.3 is 15.4 Å². The van der Waals surface area contributed by atoms with Crippen molar-refractivity contribution in [2.45, 2.75) is 25.6 Å². The fraction of sp³-hybridized carbons (Fsp3) is 0.538. The third kappa shape index (κ3) is 3.59. The average Bonchev–Trinajstić information content (AvgIpc) is 2.25. The molecule has 1 aliphatic heterocycles. The minimum absolute atomic E-state index is 0.427. The van der Waals surface area contributed by atoms with Gasteiger partial charge in [0.1, 0.15) is 0 Å². The summed E-state index contributed by atoms with van der Waals surface area (Å²) in [6.45, 7) is 5.82. The van der Waals surface area contributed by atoms with Crippen molar-refractivity contribution in [2.24, 2.45) is 0 Å². The molecule has 1 heterocycles. The zero-order chi connectivity index (χ0) is 11.2. The van der Waals surface area contributed by atoms with Crippen molar-refractivity contribution >= 4 is 0 Å². The molecule has 0 saturated carbocycles. The zero-order valence-electron chi connectivity index (χ0n) is 9.78. The van der Waals surface area contributed by atoms with Crippen molar-refractivity contribution in [2.75, 3.05) is 19.7 Å². The largest absolute Gasteiger partial charge is 0.375 e. The topological polar surface area (TPSA) is 33.3 Å². The number of benzene rings is 1. The molecule has 1 atom stereocenters. The molecule has 2 rings (SSSR count). The quantitative estimate of drug-likeness (QED) is 0.754. The molecule has 1 unspecified atom stereocenters. The Labute approximate surface area is 97.2 Å². The lowest BCUT2D eigenvalue weighted by atomic mass is 10.1. The van der Waals surface area contributed by atoms with Gasteiger partial charge >= 0.3 is 0 Å². The van der Waals surface area contributed by atoms with Crippen molar-refractivity contribution in [1.82, 2.24) is 10.6 Å². The van der Waals surface area contributed by atoms with Crippen LogP contribution < -0.4 is 10.6 Å². The normalized spacial score (nSPS) is 18.1. The molecule has 1 saturated heterocycles. The monoisotopic (exact) mass is 220 g/mol. The summed E-state index contributed by atoms with van der Waals surface area (Å²) in [5.41, 5.74) is 1.24. The number of hydrogen-bond acceptors (Lipinski definition) is 3. The molecule has 3 heteroatoms. The van der Waals surface area contributed by atoms with Crippen LogP contribution in [0.4, 0.5) is 0 Å². The van der Waals surface area contributed by atoms with E-state index >= 15 is 0 Å². The van der Waals surface area contributed by atoms with E-state index < -0.39 is 0 Å². The fourth-order valence-electron chi connectivity index (χ4n) is 1.78. The number of ether oxygens (including phenoxy) is 1. The van der Waals surface area contributed by atoms with Gasteiger partial charge in [0.15, 0.2) is 0 Å². The number of nitrogens with one attached hydrogen (secondary N) is 2. The van der Waals surface area contributed by atoms with Crippen LogP contribution >= 0.6 is 0 Å². The molecule has 1 aliphatic rings. The Bertz CT molecular complexity index is 298. The molecule has 2 N–H and O–H groups in total. The van der Waals surface area contributed by atoms with Crippen LogP contribution in [-0.4, -0.2) is 31.8 Å². The third-order valence-corrected chi connectivity index (χ3v) is 2.78. The first-order valence-electron chi connectivity index (χ1n) is 5.93. The van der Waals surface area contributed by atoms with Gasteiger partial charge in [-0.15, -0.1) is 0 Å². The fourth-order valence-corrected chi connectivity index (χ4v) is 1.78. The highest BCUT2D eigenvalue weighted by atomic mass is 16.5. The van der Waals surface area contributed by atoms with Gasteiger partial charge in [0.25, 0.3) is 0 Å². The van der Waals surface area contributed by atoms with Crippen LogP contribution in [0, 0.1) is 0 Å². The summed E-state index contributed by atoms with van der Waals surface area (Å²) in [4.78, 5) is 0. The Morgan fingerprint density at radius 3 is 2.75 bits per heavy atom. The van der Waals surface area contributed by atoms with Crippen LogP contribution in [0.15, 0.2) is 30.3 Å². The molecule has 1 fully saturated rings. The highest BCUT2D eigenvalue weighted by Gasteiger charge is 2.17. The van der Waals surface area contributed by atoms with E-state index in [4.69, 9.17) is 4.74 Å². The second-order valence-electron chi connectivity index (χ2n) is 4.42. The van der Waals surface area contributed by atoms with Crippen molar-refractivity contribution in [1.29, 1.82) is 0 Å².